The number of cyclic esters (lactones) is 1. The van der Waals surface area contributed by atoms with Crippen LogP contribution in [0.1, 0.15) is 39.0 Å². The fraction of sp³-hybridized carbons (Fsp3) is 0.538. The second-order valence-electron chi connectivity index (χ2n) is 4.46. The van der Waals surface area contributed by atoms with Crippen molar-refractivity contribution in [2.24, 2.45) is 0 Å². The van der Waals surface area contributed by atoms with E-state index in [-0.39, 0.29) is 24.3 Å². The molecule has 1 unspecified atom stereocenters. The second kappa shape index (κ2) is 4.73. The average Bonchev–Trinajstić information content (AvgIpc) is 2.65. The molecule has 92 valence electrons. The molecule has 1 saturated heterocycles. The van der Waals surface area contributed by atoms with Gasteiger partial charge in [-0.1, -0.05) is 13.0 Å². The van der Waals surface area contributed by atoms with Gasteiger partial charge in [-0.05, 0) is 32.4 Å². The maximum atomic E-state index is 11.8. The smallest absolute Gasteiger partial charge is 0.411 e. The molecule has 0 aromatic carbocycles. The van der Waals surface area contributed by atoms with Gasteiger partial charge in [-0.2, -0.15) is 0 Å². The zero-order valence-electron chi connectivity index (χ0n) is 10.5. The number of hydrogen-bond donors (Lipinski definition) is 0. The first-order valence-corrected chi connectivity index (χ1v) is 6.05. The fourth-order valence-electron chi connectivity index (χ4n) is 2.21. The largest absolute Gasteiger partial charge is 0.437 e. The molecule has 1 fully saturated rings. The van der Waals surface area contributed by atoms with Crippen molar-refractivity contribution in [1.82, 2.24) is 9.88 Å². The Morgan fingerprint density at radius 2 is 2.29 bits per heavy atom. The van der Waals surface area contributed by atoms with Crippen molar-refractivity contribution >= 4 is 6.09 Å². The Labute approximate surface area is 102 Å². The van der Waals surface area contributed by atoms with E-state index in [9.17, 15) is 4.79 Å². The lowest BCUT2D eigenvalue weighted by Crippen LogP contribution is -2.39. The first-order chi connectivity index (χ1) is 8.15. The molecule has 0 bridgehead atoms. The molecule has 1 aromatic rings. The Balaban J connectivity index is 2.21. The van der Waals surface area contributed by atoms with Gasteiger partial charge in [-0.25, -0.2) is 4.79 Å². The van der Waals surface area contributed by atoms with Crippen LogP contribution in [0.4, 0.5) is 4.79 Å². The van der Waals surface area contributed by atoms with Crippen molar-refractivity contribution in [1.29, 1.82) is 0 Å². The fourth-order valence-corrected chi connectivity index (χ4v) is 2.21. The number of carbonyl (C=O) groups excluding carboxylic acids is 1. The highest BCUT2D eigenvalue weighted by atomic mass is 16.6. The minimum absolute atomic E-state index is 0.0346. The third-order valence-corrected chi connectivity index (χ3v) is 3.36. The summed E-state index contributed by atoms with van der Waals surface area (Å²) in [5, 5.41) is 0. The summed E-state index contributed by atoms with van der Waals surface area (Å²) in [4.78, 5) is 17.9. The molecular formula is C13H18N2O2. The van der Waals surface area contributed by atoms with E-state index in [0.29, 0.717) is 0 Å². The lowest BCUT2D eigenvalue weighted by Gasteiger charge is -2.26. The maximum Gasteiger partial charge on any atom is 0.411 e. The van der Waals surface area contributed by atoms with Crippen molar-refractivity contribution in [3.63, 3.8) is 0 Å². The van der Waals surface area contributed by atoms with Crippen molar-refractivity contribution in [2.75, 3.05) is 0 Å². The van der Waals surface area contributed by atoms with E-state index in [2.05, 4.69) is 11.9 Å². The molecular weight excluding hydrogens is 216 g/mol. The van der Waals surface area contributed by atoms with Gasteiger partial charge in [-0.3, -0.25) is 9.88 Å². The Morgan fingerprint density at radius 3 is 2.88 bits per heavy atom. The molecule has 0 N–H and O–H groups in total. The number of aromatic nitrogens is 1. The Bertz CT molecular complexity index is 394. The predicted molar refractivity (Wildman–Crippen MR) is 64.5 cm³/mol. The van der Waals surface area contributed by atoms with Crippen molar-refractivity contribution in [2.45, 2.75) is 45.4 Å². The van der Waals surface area contributed by atoms with Crippen LogP contribution >= 0.6 is 0 Å². The zero-order valence-corrected chi connectivity index (χ0v) is 10.5. The molecule has 1 aromatic heterocycles. The second-order valence-corrected chi connectivity index (χ2v) is 4.46. The minimum Gasteiger partial charge on any atom is -0.437 e. The van der Waals surface area contributed by atoms with Crippen LogP contribution in [0.15, 0.2) is 24.4 Å². The van der Waals surface area contributed by atoms with Crippen molar-refractivity contribution < 1.29 is 9.53 Å². The molecule has 0 saturated carbocycles. The van der Waals surface area contributed by atoms with Crippen LogP contribution in [0, 0.1) is 0 Å². The van der Waals surface area contributed by atoms with Crippen LogP contribution in [0.25, 0.3) is 0 Å². The molecule has 0 aliphatic carbocycles. The van der Waals surface area contributed by atoms with Gasteiger partial charge in [0.1, 0.15) is 0 Å². The summed E-state index contributed by atoms with van der Waals surface area (Å²) in [6.45, 7) is 6.12. The highest BCUT2D eigenvalue weighted by molar-refractivity contribution is 5.71. The third kappa shape index (κ3) is 2.12. The van der Waals surface area contributed by atoms with Gasteiger partial charge >= 0.3 is 6.09 Å². The monoisotopic (exact) mass is 234 g/mol. The average molecular weight is 234 g/mol. The number of carbonyl (C=O) groups is 1. The molecule has 4 nitrogen and oxygen atoms in total. The summed E-state index contributed by atoms with van der Waals surface area (Å²) in [5.41, 5.74) is 0.819. The van der Waals surface area contributed by atoms with Gasteiger partial charge in [0.15, 0.2) is 6.10 Å². The van der Waals surface area contributed by atoms with E-state index in [4.69, 9.17) is 4.74 Å². The first-order valence-electron chi connectivity index (χ1n) is 6.05. The van der Waals surface area contributed by atoms with Crippen LogP contribution in [0.3, 0.4) is 0 Å². The summed E-state index contributed by atoms with van der Waals surface area (Å²) in [7, 11) is 0. The molecule has 1 aliphatic heterocycles. The van der Waals surface area contributed by atoms with E-state index in [0.717, 1.165) is 12.1 Å². The van der Waals surface area contributed by atoms with Gasteiger partial charge in [0, 0.05) is 12.2 Å². The van der Waals surface area contributed by atoms with E-state index < -0.39 is 0 Å². The maximum absolute atomic E-state index is 11.8. The van der Waals surface area contributed by atoms with Gasteiger partial charge in [-0.15, -0.1) is 0 Å². The summed E-state index contributed by atoms with van der Waals surface area (Å²) in [5.74, 6) is 0. The van der Waals surface area contributed by atoms with E-state index in [1.807, 2.05) is 32.0 Å². The van der Waals surface area contributed by atoms with Gasteiger partial charge in [0.25, 0.3) is 0 Å². The molecule has 3 atom stereocenters. The first kappa shape index (κ1) is 11.9. The van der Waals surface area contributed by atoms with Crippen LogP contribution < -0.4 is 0 Å². The van der Waals surface area contributed by atoms with Crippen LogP contribution in [-0.2, 0) is 4.74 Å². The summed E-state index contributed by atoms with van der Waals surface area (Å²) in [6, 6.07) is 5.90. The lowest BCUT2D eigenvalue weighted by molar-refractivity contribution is 0.126. The highest BCUT2D eigenvalue weighted by Crippen LogP contribution is 2.32. The van der Waals surface area contributed by atoms with Crippen molar-refractivity contribution in [3.05, 3.63) is 30.1 Å². The molecule has 4 heteroatoms. The molecule has 0 spiro atoms. The number of amides is 1. The van der Waals surface area contributed by atoms with Gasteiger partial charge in [0.2, 0.25) is 0 Å². The standard InChI is InChI=1S/C13H18N2O2/c1-4-9(2)15-10(3)12(17-13(15)16)11-7-5-6-8-14-11/h5-10,12H,4H2,1-3H3/t9?,10-,12-/m0/s1. The zero-order chi connectivity index (χ0) is 12.4. The van der Waals surface area contributed by atoms with Crippen LogP contribution in [0.2, 0.25) is 0 Å². The number of hydrogen-bond acceptors (Lipinski definition) is 3. The Hall–Kier alpha value is -1.58. The quantitative estimate of drug-likeness (QED) is 0.807. The predicted octanol–water partition coefficient (Wildman–Crippen LogP) is 2.76. The molecule has 2 heterocycles. The highest BCUT2D eigenvalue weighted by Gasteiger charge is 2.42. The molecule has 1 amide bonds. The lowest BCUT2D eigenvalue weighted by atomic mass is 10.1. The van der Waals surface area contributed by atoms with E-state index >= 15 is 0 Å². The van der Waals surface area contributed by atoms with E-state index in [1.165, 1.54) is 0 Å². The number of rotatable bonds is 3. The van der Waals surface area contributed by atoms with Crippen molar-refractivity contribution in [3.8, 4) is 0 Å². The SMILES string of the molecule is CCC(C)N1C(=O)O[C@H](c2ccccn2)[C@@H]1C. The van der Waals surface area contributed by atoms with E-state index in [1.54, 1.807) is 11.1 Å². The molecule has 0 radical (unpaired) electrons. The third-order valence-electron chi connectivity index (χ3n) is 3.36. The summed E-state index contributed by atoms with van der Waals surface area (Å²) >= 11 is 0. The Kier molecular flexibility index (Phi) is 3.31. The normalized spacial score (nSPS) is 25.8. The van der Waals surface area contributed by atoms with Crippen LogP contribution in [0.5, 0.6) is 0 Å². The van der Waals surface area contributed by atoms with Crippen LogP contribution in [-0.4, -0.2) is 28.1 Å². The number of nitrogens with zero attached hydrogens (tertiary/aromatic N) is 2. The molecule has 17 heavy (non-hydrogen) atoms. The molecule has 2 rings (SSSR count). The topological polar surface area (TPSA) is 42.4 Å². The van der Waals surface area contributed by atoms with Gasteiger partial charge < -0.3 is 4.74 Å². The minimum atomic E-state index is -0.252. The number of ether oxygens (including phenoxy) is 1. The van der Waals surface area contributed by atoms with Gasteiger partial charge in [0.05, 0.1) is 11.7 Å². The molecule has 1 aliphatic rings. The Morgan fingerprint density at radius 1 is 1.53 bits per heavy atom. The number of pyridine rings is 1. The summed E-state index contributed by atoms with van der Waals surface area (Å²) < 4.78 is 5.42. The summed E-state index contributed by atoms with van der Waals surface area (Å²) in [6.07, 6.45) is 2.16.